The molecule has 0 N–H and O–H groups in total. The first-order valence-corrected chi connectivity index (χ1v) is 3.22. The Morgan fingerprint density at radius 1 is 1.86 bits per heavy atom. The van der Waals surface area contributed by atoms with Gasteiger partial charge >= 0.3 is 0 Å². The topological polar surface area (TPSA) is 12.5 Å². The molecular formula is C3H3Br2NO. The monoisotopic (exact) mass is 227 g/mol. The summed E-state index contributed by atoms with van der Waals surface area (Å²) in [4.78, 5) is 0. The summed E-state index contributed by atoms with van der Waals surface area (Å²) in [5, 5.41) is 0. The van der Waals surface area contributed by atoms with Gasteiger partial charge in [-0.25, -0.2) is 0 Å². The highest BCUT2D eigenvalue weighted by Crippen LogP contribution is 2.18. The Labute approximate surface area is 58.6 Å². The van der Waals surface area contributed by atoms with Crippen molar-refractivity contribution in [2.24, 2.45) is 0 Å². The van der Waals surface area contributed by atoms with Gasteiger partial charge in [-0.15, -0.1) is 0 Å². The van der Waals surface area contributed by atoms with E-state index in [1.807, 2.05) is 0 Å². The van der Waals surface area contributed by atoms with E-state index in [9.17, 15) is 0 Å². The normalized spacial score (nSPS) is 19.1. The predicted molar refractivity (Wildman–Crippen MR) is 33.7 cm³/mol. The summed E-state index contributed by atoms with van der Waals surface area (Å²) >= 11 is 6.33. The van der Waals surface area contributed by atoms with E-state index < -0.39 is 0 Å². The molecule has 0 saturated carbocycles. The number of rotatable bonds is 0. The first-order chi connectivity index (χ1) is 3.29. The van der Waals surface area contributed by atoms with Crippen LogP contribution in [0.1, 0.15) is 0 Å². The Morgan fingerprint density at radius 2 is 2.57 bits per heavy atom. The Bertz CT molecular complexity index is 103. The zero-order valence-electron chi connectivity index (χ0n) is 3.40. The maximum Gasteiger partial charge on any atom is 0.181 e. The maximum atomic E-state index is 4.92. The van der Waals surface area contributed by atoms with Gasteiger partial charge in [0.25, 0.3) is 0 Å². The summed E-state index contributed by atoms with van der Waals surface area (Å²) in [5.74, 6) is 0. The lowest BCUT2D eigenvalue weighted by molar-refractivity contribution is 0.225. The van der Waals surface area contributed by atoms with Gasteiger partial charge in [0.05, 0.1) is 22.3 Å². The minimum atomic E-state index is 0.584. The molecule has 0 aromatic heterocycles. The largest absolute Gasteiger partial charge is 0.464 e. The summed E-state index contributed by atoms with van der Waals surface area (Å²) in [5.41, 5.74) is 0. The minimum Gasteiger partial charge on any atom is -0.464 e. The molecule has 0 unspecified atom stereocenters. The van der Waals surface area contributed by atoms with Crippen molar-refractivity contribution in [1.82, 2.24) is 3.93 Å². The van der Waals surface area contributed by atoms with Gasteiger partial charge in [0.1, 0.15) is 0 Å². The number of nitrogens with zero attached hydrogens (tertiary/aromatic N) is 1. The number of hydrogen-bond donors (Lipinski definition) is 0. The standard InChI is InChI=1S/C3H3Br2NO/c4-3-1-6(5)2-7-3/h1H,2H2. The highest BCUT2D eigenvalue weighted by atomic mass is 79.9. The molecule has 0 spiro atoms. The van der Waals surface area contributed by atoms with Gasteiger partial charge in [0, 0.05) is 0 Å². The maximum absolute atomic E-state index is 4.92. The van der Waals surface area contributed by atoms with Gasteiger partial charge in [0.15, 0.2) is 11.4 Å². The van der Waals surface area contributed by atoms with Crippen LogP contribution in [0.2, 0.25) is 0 Å². The second-order valence-corrected chi connectivity index (χ2v) is 2.80. The molecule has 0 radical (unpaired) electrons. The predicted octanol–water partition coefficient (Wildman–Crippen LogP) is 1.78. The highest BCUT2D eigenvalue weighted by Gasteiger charge is 2.05. The Balaban J connectivity index is 2.50. The van der Waals surface area contributed by atoms with Crippen molar-refractivity contribution in [2.45, 2.75) is 0 Å². The van der Waals surface area contributed by atoms with E-state index in [-0.39, 0.29) is 0 Å². The lowest BCUT2D eigenvalue weighted by Crippen LogP contribution is -1.97. The Morgan fingerprint density at radius 3 is 2.71 bits per heavy atom. The van der Waals surface area contributed by atoms with Gasteiger partial charge in [-0.3, -0.25) is 3.93 Å². The van der Waals surface area contributed by atoms with E-state index in [0.29, 0.717) is 6.73 Å². The van der Waals surface area contributed by atoms with Gasteiger partial charge in [-0.2, -0.15) is 0 Å². The van der Waals surface area contributed by atoms with Crippen molar-refractivity contribution in [3.8, 4) is 0 Å². The fraction of sp³-hybridized carbons (Fsp3) is 0.333. The van der Waals surface area contributed by atoms with Crippen LogP contribution < -0.4 is 0 Å². The molecule has 7 heavy (non-hydrogen) atoms. The molecule has 0 amide bonds. The molecule has 0 atom stereocenters. The zero-order valence-corrected chi connectivity index (χ0v) is 6.57. The molecule has 1 aliphatic rings. The van der Waals surface area contributed by atoms with E-state index in [1.54, 1.807) is 10.1 Å². The van der Waals surface area contributed by atoms with E-state index >= 15 is 0 Å². The van der Waals surface area contributed by atoms with Crippen LogP contribution in [0.4, 0.5) is 0 Å². The Kier molecular flexibility index (Phi) is 1.59. The minimum absolute atomic E-state index is 0.584. The summed E-state index contributed by atoms with van der Waals surface area (Å²) in [6.45, 7) is 0.584. The van der Waals surface area contributed by atoms with Crippen LogP contribution in [0.5, 0.6) is 0 Å². The average Bonchev–Trinajstić information content (AvgIpc) is 1.87. The van der Waals surface area contributed by atoms with Crippen LogP contribution in [-0.2, 0) is 4.74 Å². The molecule has 0 bridgehead atoms. The van der Waals surface area contributed by atoms with Crippen molar-refractivity contribution in [1.29, 1.82) is 0 Å². The lowest BCUT2D eigenvalue weighted by atomic mass is 11.0. The third-order valence-corrected chi connectivity index (χ3v) is 1.41. The van der Waals surface area contributed by atoms with Crippen LogP contribution in [0, 0.1) is 0 Å². The second-order valence-electron chi connectivity index (χ2n) is 1.11. The molecule has 2 nitrogen and oxygen atoms in total. The number of ether oxygens (including phenoxy) is 1. The molecule has 0 aromatic rings. The van der Waals surface area contributed by atoms with Crippen molar-refractivity contribution >= 4 is 32.1 Å². The third-order valence-electron chi connectivity index (χ3n) is 0.567. The van der Waals surface area contributed by atoms with Crippen LogP contribution >= 0.6 is 32.1 Å². The van der Waals surface area contributed by atoms with Crippen LogP contribution in [0.15, 0.2) is 10.9 Å². The summed E-state index contributed by atoms with van der Waals surface area (Å²) < 4.78 is 7.45. The van der Waals surface area contributed by atoms with E-state index in [4.69, 9.17) is 4.74 Å². The molecule has 0 aromatic carbocycles. The molecule has 1 rings (SSSR count). The van der Waals surface area contributed by atoms with Crippen molar-refractivity contribution in [3.05, 3.63) is 10.9 Å². The molecule has 4 heteroatoms. The quantitative estimate of drug-likeness (QED) is 0.587. The molecule has 40 valence electrons. The van der Waals surface area contributed by atoms with Gasteiger partial charge in [-0.05, 0) is 15.9 Å². The number of halogens is 2. The molecule has 1 heterocycles. The molecule has 0 fully saturated rings. The third kappa shape index (κ3) is 1.35. The van der Waals surface area contributed by atoms with Gasteiger partial charge in [0.2, 0.25) is 0 Å². The smallest absolute Gasteiger partial charge is 0.181 e. The van der Waals surface area contributed by atoms with Gasteiger partial charge in [-0.1, -0.05) is 0 Å². The summed E-state index contributed by atoms with van der Waals surface area (Å²) in [6.07, 6.45) is 1.81. The molecule has 1 aliphatic heterocycles. The average molecular weight is 229 g/mol. The van der Waals surface area contributed by atoms with E-state index in [2.05, 4.69) is 32.1 Å². The van der Waals surface area contributed by atoms with Crippen LogP contribution in [-0.4, -0.2) is 10.7 Å². The number of hydrogen-bond acceptors (Lipinski definition) is 2. The zero-order chi connectivity index (χ0) is 5.28. The SMILES string of the molecule is BrC1=CN(Br)CO1. The van der Waals surface area contributed by atoms with Crippen molar-refractivity contribution in [2.75, 3.05) is 6.73 Å². The van der Waals surface area contributed by atoms with Crippen LogP contribution in [0.3, 0.4) is 0 Å². The fourth-order valence-corrected chi connectivity index (χ4v) is 1.22. The second kappa shape index (κ2) is 2.05. The molecule has 0 aliphatic carbocycles. The summed E-state index contributed by atoms with van der Waals surface area (Å²) in [6, 6.07) is 0. The first-order valence-electron chi connectivity index (χ1n) is 1.71. The van der Waals surface area contributed by atoms with E-state index in [0.717, 1.165) is 4.67 Å². The first kappa shape index (κ1) is 5.44. The summed E-state index contributed by atoms with van der Waals surface area (Å²) in [7, 11) is 0. The highest BCUT2D eigenvalue weighted by molar-refractivity contribution is 9.11. The van der Waals surface area contributed by atoms with Crippen molar-refractivity contribution < 1.29 is 4.74 Å². The van der Waals surface area contributed by atoms with E-state index in [1.165, 1.54) is 0 Å². The Hall–Kier alpha value is 0.300. The molecular weight excluding hydrogens is 226 g/mol. The van der Waals surface area contributed by atoms with Crippen molar-refractivity contribution in [3.63, 3.8) is 0 Å². The van der Waals surface area contributed by atoms with Gasteiger partial charge < -0.3 is 4.74 Å². The van der Waals surface area contributed by atoms with Crippen LogP contribution in [0.25, 0.3) is 0 Å². The lowest BCUT2D eigenvalue weighted by Gasteiger charge is -1.97. The fourth-order valence-electron chi connectivity index (χ4n) is 0.308. The molecule has 0 saturated heterocycles.